The fraction of sp³-hybridized carbons (Fsp3) is 0.947. The van der Waals surface area contributed by atoms with Crippen molar-refractivity contribution in [1.29, 1.82) is 0 Å². The summed E-state index contributed by atoms with van der Waals surface area (Å²) in [6, 6.07) is 0. The van der Waals surface area contributed by atoms with Gasteiger partial charge >= 0.3 is 5.97 Å². The van der Waals surface area contributed by atoms with Gasteiger partial charge in [0.1, 0.15) is 6.10 Å². The van der Waals surface area contributed by atoms with Crippen molar-refractivity contribution < 1.29 is 19.4 Å². The second kappa shape index (κ2) is 7.52. The highest BCUT2D eigenvalue weighted by Crippen LogP contribution is 2.35. The second-order valence-electron chi connectivity index (χ2n) is 9.78. The van der Waals surface area contributed by atoms with E-state index in [1.54, 1.807) is 0 Å². The third-order valence-corrected chi connectivity index (χ3v) is 3.57. The minimum absolute atomic E-state index is 0.0473. The Morgan fingerprint density at radius 1 is 1.00 bits per heavy atom. The lowest BCUT2D eigenvalue weighted by Gasteiger charge is -2.36. The summed E-state index contributed by atoms with van der Waals surface area (Å²) >= 11 is 0. The van der Waals surface area contributed by atoms with Gasteiger partial charge in [0.25, 0.3) is 0 Å². The molecule has 0 heterocycles. The summed E-state index contributed by atoms with van der Waals surface area (Å²) < 4.78 is 11.7. The van der Waals surface area contributed by atoms with E-state index in [9.17, 15) is 9.90 Å². The molecule has 0 aliphatic heterocycles. The molecule has 0 spiro atoms. The van der Waals surface area contributed by atoms with E-state index < -0.39 is 5.41 Å². The van der Waals surface area contributed by atoms with Crippen molar-refractivity contribution in [3.63, 3.8) is 0 Å². The van der Waals surface area contributed by atoms with Crippen molar-refractivity contribution in [2.75, 3.05) is 6.61 Å². The zero-order valence-electron chi connectivity index (χ0n) is 16.9. The largest absolute Gasteiger partial charge is 0.462 e. The van der Waals surface area contributed by atoms with E-state index in [0.29, 0.717) is 12.8 Å². The average molecular weight is 331 g/mol. The Balaban J connectivity index is 4.71. The molecule has 1 unspecified atom stereocenters. The standard InChI is InChI=1S/C19H38O4/c1-14(11-19(9,10)23-16(2,3)4)22-15(21)18(7,8)12-17(5,6)13-20/h14,20H,11-13H2,1-10H3. The molecular weight excluding hydrogens is 292 g/mol. The van der Waals surface area contributed by atoms with Gasteiger partial charge in [-0.25, -0.2) is 0 Å². The summed E-state index contributed by atoms with van der Waals surface area (Å²) in [6.45, 7) is 19.7. The van der Waals surface area contributed by atoms with Crippen molar-refractivity contribution in [2.24, 2.45) is 10.8 Å². The van der Waals surface area contributed by atoms with Crippen LogP contribution >= 0.6 is 0 Å². The van der Waals surface area contributed by atoms with Gasteiger partial charge < -0.3 is 14.6 Å². The molecule has 0 aromatic heterocycles. The third-order valence-electron chi connectivity index (χ3n) is 3.57. The maximum Gasteiger partial charge on any atom is 0.311 e. The van der Waals surface area contributed by atoms with E-state index in [-0.39, 0.29) is 35.3 Å². The van der Waals surface area contributed by atoms with Gasteiger partial charge in [-0.15, -0.1) is 0 Å². The molecule has 4 nitrogen and oxygen atoms in total. The number of carbonyl (C=O) groups excluding carboxylic acids is 1. The highest BCUT2D eigenvalue weighted by Gasteiger charge is 2.37. The fourth-order valence-corrected chi connectivity index (χ4v) is 3.27. The lowest BCUT2D eigenvalue weighted by molar-refractivity contribution is -0.168. The Hall–Kier alpha value is -0.610. The van der Waals surface area contributed by atoms with Crippen LogP contribution in [0.5, 0.6) is 0 Å². The summed E-state index contributed by atoms with van der Waals surface area (Å²) in [7, 11) is 0. The van der Waals surface area contributed by atoms with Gasteiger partial charge in [-0.3, -0.25) is 4.79 Å². The van der Waals surface area contributed by atoms with Crippen molar-refractivity contribution in [1.82, 2.24) is 0 Å². The van der Waals surface area contributed by atoms with Crippen LogP contribution in [-0.4, -0.2) is 35.0 Å². The smallest absolute Gasteiger partial charge is 0.311 e. The highest BCUT2D eigenvalue weighted by molar-refractivity contribution is 5.76. The van der Waals surface area contributed by atoms with Crippen molar-refractivity contribution in [3.8, 4) is 0 Å². The molecule has 0 aliphatic rings. The predicted octanol–water partition coefficient (Wildman–Crippen LogP) is 4.34. The molecule has 0 aromatic rings. The number of esters is 1. The molecule has 0 saturated heterocycles. The molecule has 0 aliphatic carbocycles. The van der Waals surface area contributed by atoms with Gasteiger partial charge in [-0.1, -0.05) is 13.8 Å². The molecule has 1 N–H and O–H groups in total. The van der Waals surface area contributed by atoms with E-state index in [4.69, 9.17) is 9.47 Å². The van der Waals surface area contributed by atoms with Crippen LogP contribution in [0.25, 0.3) is 0 Å². The zero-order valence-corrected chi connectivity index (χ0v) is 16.9. The number of aliphatic hydroxyl groups is 1. The zero-order chi connectivity index (χ0) is 18.7. The van der Waals surface area contributed by atoms with Gasteiger partial charge in [0, 0.05) is 13.0 Å². The molecule has 23 heavy (non-hydrogen) atoms. The van der Waals surface area contributed by atoms with Crippen LogP contribution in [0.2, 0.25) is 0 Å². The Morgan fingerprint density at radius 2 is 1.48 bits per heavy atom. The first kappa shape index (κ1) is 22.4. The van der Waals surface area contributed by atoms with E-state index in [1.165, 1.54) is 0 Å². The normalized spacial score (nSPS) is 15.4. The number of ether oxygens (including phenoxy) is 2. The molecule has 0 amide bonds. The second-order valence-corrected chi connectivity index (χ2v) is 9.78. The van der Waals surface area contributed by atoms with Gasteiger partial charge in [0.05, 0.1) is 16.6 Å². The Kier molecular flexibility index (Phi) is 7.32. The molecule has 138 valence electrons. The Morgan fingerprint density at radius 3 is 1.87 bits per heavy atom. The quantitative estimate of drug-likeness (QED) is 0.673. The van der Waals surface area contributed by atoms with Crippen LogP contribution in [0.1, 0.15) is 82.1 Å². The maximum absolute atomic E-state index is 12.5. The molecule has 0 aromatic carbocycles. The van der Waals surface area contributed by atoms with E-state index in [2.05, 4.69) is 0 Å². The predicted molar refractivity (Wildman–Crippen MR) is 94.4 cm³/mol. The first-order valence-electron chi connectivity index (χ1n) is 8.52. The number of rotatable bonds is 8. The number of hydrogen-bond donors (Lipinski definition) is 1. The van der Waals surface area contributed by atoms with Crippen molar-refractivity contribution in [2.45, 2.75) is 99.4 Å². The van der Waals surface area contributed by atoms with Crippen LogP contribution in [0.3, 0.4) is 0 Å². The highest BCUT2D eigenvalue weighted by atomic mass is 16.6. The maximum atomic E-state index is 12.5. The molecule has 4 heteroatoms. The molecule has 0 radical (unpaired) electrons. The van der Waals surface area contributed by atoms with Crippen molar-refractivity contribution >= 4 is 5.97 Å². The first-order valence-corrected chi connectivity index (χ1v) is 8.52. The summed E-state index contributed by atoms with van der Waals surface area (Å²) in [5.41, 5.74) is -1.54. The topological polar surface area (TPSA) is 55.8 Å². The van der Waals surface area contributed by atoms with Crippen molar-refractivity contribution in [3.05, 3.63) is 0 Å². The molecular formula is C19H38O4. The molecule has 1 atom stereocenters. The van der Waals surface area contributed by atoms with Crippen LogP contribution in [0.4, 0.5) is 0 Å². The fourth-order valence-electron chi connectivity index (χ4n) is 3.27. The lowest BCUT2D eigenvalue weighted by Crippen LogP contribution is -2.40. The first-order chi connectivity index (χ1) is 10.00. The van der Waals surface area contributed by atoms with Crippen LogP contribution in [0.15, 0.2) is 0 Å². The average Bonchev–Trinajstić information content (AvgIpc) is 2.22. The number of hydrogen-bond acceptors (Lipinski definition) is 4. The Labute approximate surface area is 142 Å². The van der Waals surface area contributed by atoms with Gasteiger partial charge in [0.15, 0.2) is 0 Å². The van der Waals surface area contributed by atoms with Gasteiger partial charge in [-0.05, 0) is 67.2 Å². The third kappa shape index (κ3) is 9.31. The van der Waals surface area contributed by atoms with Gasteiger partial charge in [-0.2, -0.15) is 0 Å². The summed E-state index contributed by atoms with van der Waals surface area (Å²) in [6.07, 6.45) is 0.982. The summed E-state index contributed by atoms with van der Waals surface area (Å²) in [5, 5.41) is 9.41. The molecule has 0 bridgehead atoms. The molecule has 0 fully saturated rings. The lowest BCUT2D eigenvalue weighted by atomic mass is 9.75. The summed E-state index contributed by atoms with van der Waals surface area (Å²) in [5.74, 6) is -0.224. The van der Waals surface area contributed by atoms with E-state index in [0.717, 1.165) is 0 Å². The summed E-state index contributed by atoms with van der Waals surface area (Å²) in [4.78, 5) is 12.5. The molecule has 0 saturated carbocycles. The minimum atomic E-state index is -0.629. The van der Waals surface area contributed by atoms with E-state index in [1.807, 2.05) is 69.2 Å². The van der Waals surface area contributed by atoms with Crippen LogP contribution in [-0.2, 0) is 14.3 Å². The number of aliphatic hydroxyl groups excluding tert-OH is 1. The van der Waals surface area contributed by atoms with Gasteiger partial charge in [0.2, 0.25) is 0 Å². The SMILES string of the molecule is CC(CC(C)(C)OC(C)(C)C)OC(=O)C(C)(C)CC(C)(C)CO. The monoisotopic (exact) mass is 330 g/mol. The van der Waals surface area contributed by atoms with Crippen LogP contribution in [0, 0.1) is 10.8 Å². The Bertz CT molecular complexity index is 389. The number of carbonyl (C=O) groups is 1. The minimum Gasteiger partial charge on any atom is -0.462 e. The molecule has 0 rings (SSSR count). The van der Waals surface area contributed by atoms with E-state index >= 15 is 0 Å². The van der Waals surface area contributed by atoms with Crippen LogP contribution < -0.4 is 0 Å².